The molecule has 0 atom stereocenters. The first-order valence-electron chi connectivity index (χ1n) is 14.1. The highest BCUT2D eigenvalue weighted by atomic mass is 16.2. The first kappa shape index (κ1) is 29.0. The summed E-state index contributed by atoms with van der Waals surface area (Å²) in [6.45, 7) is 12.8. The number of rotatable bonds is 14. The molecule has 0 unspecified atom stereocenters. The highest BCUT2D eigenvalue weighted by molar-refractivity contribution is 5.94. The maximum absolute atomic E-state index is 13.0. The Morgan fingerprint density at radius 3 is 1.37 bits per heavy atom. The average Bonchev–Trinajstić information content (AvgIpc) is 2.95. The topological polar surface area (TPSA) is 48.4 Å². The molecule has 0 spiro atoms. The molecule has 0 N–H and O–H groups in total. The van der Waals surface area contributed by atoms with Gasteiger partial charge in [-0.2, -0.15) is 9.13 Å². The maximum Gasteiger partial charge on any atom is 0.259 e. The van der Waals surface area contributed by atoms with E-state index in [9.17, 15) is 9.59 Å². The predicted octanol–water partition coefficient (Wildman–Crippen LogP) is 4.88. The molecule has 0 aliphatic heterocycles. The summed E-state index contributed by atoms with van der Waals surface area (Å²) in [6.07, 6.45) is 12.1. The van der Waals surface area contributed by atoms with Gasteiger partial charge in [-0.3, -0.25) is 9.59 Å². The second-order valence-corrected chi connectivity index (χ2v) is 9.82. The zero-order valence-electron chi connectivity index (χ0n) is 23.6. The second-order valence-electron chi connectivity index (χ2n) is 9.82. The average molecular weight is 517 g/mol. The monoisotopic (exact) mass is 516 g/mol. The van der Waals surface area contributed by atoms with Gasteiger partial charge in [0.15, 0.2) is 37.9 Å². The van der Waals surface area contributed by atoms with Crippen LogP contribution in [0.4, 0.5) is 0 Å². The first-order valence-corrected chi connectivity index (χ1v) is 14.1. The molecular formula is C32H44N4O2+2. The van der Waals surface area contributed by atoms with Gasteiger partial charge in [0.2, 0.25) is 0 Å². The summed E-state index contributed by atoms with van der Waals surface area (Å²) in [6, 6.07) is 16.2. The van der Waals surface area contributed by atoms with E-state index in [-0.39, 0.29) is 11.8 Å². The Labute approximate surface area is 228 Å². The Bertz CT molecular complexity index is 1080. The molecule has 0 aliphatic rings. The number of pyridine rings is 2. The van der Waals surface area contributed by atoms with Crippen molar-refractivity contribution in [3.63, 3.8) is 0 Å². The molecule has 2 heterocycles. The van der Waals surface area contributed by atoms with E-state index in [2.05, 4.69) is 47.2 Å². The van der Waals surface area contributed by atoms with Gasteiger partial charge in [-0.1, -0.05) is 51.0 Å². The van der Waals surface area contributed by atoms with Crippen molar-refractivity contribution in [1.29, 1.82) is 0 Å². The quantitative estimate of drug-likeness (QED) is 0.287. The van der Waals surface area contributed by atoms with E-state index >= 15 is 0 Å². The van der Waals surface area contributed by atoms with E-state index in [0.717, 1.165) is 63.0 Å². The number of hydrogen-bond acceptors (Lipinski definition) is 2. The van der Waals surface area contributed by atoms with Crippen molar-refractivity contribution in [3.8, 4) is 0 Å². The molecule has 0 fully saturated rings. The third kappa shape index (κ3) is 8.23. The van der Waals surface area contributed by atoms with Gasteiger partial charge < -0.3 is 9.80 Å². The van der Waals surface area contributed by atoms with E-state index in [0.29, 0.717) is 13.1 Å². The summed E-state index contributed by atoms with van der Waals surface area (Å²) in [7, 11) is 0. The minimum Gasteiger partial charge on any atom is -0.339 e. The van der Waals surface area contributed by atoms with E-state index in [1.165, 1.54) is 11.1 Å². The van der Waals surface area contributed by atoms with Gasteiger partial charge in [0.1, 0.15) is 11.1 Å². The lowest BCUT2D eigenvalue weighted by Crippen LogP contribution is -2.38. The highest BCUT2D eigenvalue weighted by Crippen LogP contribution is 2.08. The summed E-state index contributed by atoms with van der Waals surface area (Å²) >= 11 is 0. The van der Waals surface area contributed by atoms with Crippen molar-refractivity contribution >= 4 is 11.8 Å². The van der Waals surface area contributed by atoms with Crippen molar-refractivity contribution < 1.29 is 18.7 Å². The van der Waals surface area contributed by atoms with Crippen LogP contribution in [-0.2, 0) is 13.1 Å². The predicted molar refractivity (Wildman–Crippen MR) is 151 cm³/mol. The van der Waals surface area contributed by atoms with Crippen LogP contribution in [0.15, 0.2) is 73.3 Å². The molecule has 0 saturated heterocycles. The number of carbonyl (C=O) groups is 2. The third-order valence-corrected chi connectivity index (χ3v) is 6.86. The van der Waals surface area contributed by atoms with Gasteiger partial charge in [-0.25, -0.2) is 0 Å². The zero-order chi connectivity index (χ0) is 27.3. The fourth-order valence-electron chi connectivity index (χ4n) is 4.53. The lowest BCUT2D eigenvalue weighted by molar-refractivity contribution is -0.689. The third-order valence-electron chi connectivity index (χ3n) is 6.86. The number of aromatic nitrogens is 2. The number of unbranched alkanes of at least 4 members (excludes halogenated alkanes) is 2. The SMILES string of the molecule is CCCCN(CC)C(=O)c1ccc[n+](Cc2ccc(C[n+]3cccc(C(=O)N(CC)CCCC)c3)cc2)c1. The van der Waals surface area contributed by atoms with Crippen LogP contribution in [-0.4, -0.2) is 47.8 Å². The summed E-state index contributed by atoms with van der Waals surface area (Å²) in [5, 5.41) is 0. The molecule has 0 radical (unpaired) electrons. The summed E-state index contributed by atoms with van der Waals surface area (Å²) in [4.78, 5) is 29.8. The van der Waals surface area contributed by atoms with E-state index in [1.807, 2.05) is 72.7 Å². The molecule has 6 heteroatoms. The lowest BCUT2D eigenvalue weighted by atomic mass is 10.1. The molecule has 0 aliphatic carbocycles. The molecule has 38 heavy (non-hydrogen) atoms. The van der Waals surface area contributed by atoms with Crippen molar-refractivity contribution in [1.82, 2.24) is 9.80 Å². The van der Waals surface area contributed by atoms with Crippen LogP contribution in [0.2, 0.25) is 0 Å². The fraction of sp³-hybridized carbons (Fsp3) is 0.438. The Kier molecular flexibility index (Phi) is 11.5. The van der Waals surface area contributed by atoms with Gasteiger partial charge in [0, 0.05) is 49.4 Å². The maximum atomic E-state index is 13.0. The van der Waals surface area contributed by atoms with Crippen molar-refractivity contribution in [3.05, 3.63) is 95.6 Å². The molecular weight excluding hydrogens is 472 g/mol. The number of hydrogen-bond donors (Lipinski definition) is 0. The summed E-state index contributed by atoms with van der Waals surface area (Å²) in [5.41, 5.74) is 3.80. The molecule has 2 aromatic heterocycles. The van der Waals surface area contributed by atoms with Crippen molar-refractivity contribution in [2.75, 3.05) is 26.2 Å². The van der Waals surface area contributed by atoms with E-state index < -0.39 is 0 Å². The zero-order valence-corrected chi connectivity index (χ0v) is 23.6. The largest absolute Gasteiger partial charge is 0.339 e. The Morgan fingerprint density at radius 1 is 0.632 bits per heavy atom. The Hall–Kier alpha value is -3.54. The highest BCUT2D eigenvalue weighted by Gasteiger charge is 2.18. The second kappa shape index (κ2) is 15.0. The van der Waals surface area contributed by atoms with Crippen LogP contribution in [0.5, 0.6) is 0 Å². The number of benzene rings is 1. The van der Waals surface area contributed by atoms with Crippen LogP contribution in [0, 0.1) is 0 Å². The molecule has 1 aromatic carbocycles. The first-order chi connectivity index (χ1) is 18.5. The van der Waals surface area contributed by atoms with E-state index in [4.69, 9.17) is 0 Å². The van der Waals surface area contributed by atoms with Crippen LogP contribution in [0.25, 0.3) is 0 Å². The van der Waals surface area contributed by atoms with E-state index in [1.54, 1.807) is 0 Å². The number of nitrogens with zero attached hydrogens (tertiary/aromatic N) is 4. The molecule has 6 nitrogen and oxygen atoms in total. The minimum absolute atomic E-state index is 0.0933. The molecule has 3 aromatic rings. The smallest absolute Gasteiger partial charge is 0.259 e. The summed E-state index contributed by atoms with van der Waals surface area (Å²) in [5.74, 6) is 0.187. The normalized spacial score (nSPS) is 10.8. The minimum atomic E-state index is 0.0933. The van der Waals surface area contributed by atoms with Crippen molar-refractivity contribution in [2.45, 2.75) is 66.5 Å². The molecule has 202 valence electrons. The molecule has 0 saturated carbocycles. The van der Waals surface area contributed by atoms with Gasteiger partial charge in [-0.15, -0.1) is 0 Å². The number of carbonyl (C=O) groups excluding carboxylic acids is 2. The lowest BCUT2D eigenvalue weighted by Gasteiger charge is -2.20. The van der Waals surface area contributed by atoms with Crippen LogP contribution >= 0.6 is 0 Å². The van der Waals surface area contributed by atoms with Gasteiger partial charge >= 0.3 is 0 Å². The van der Waals surface area contributed by atoms with Crippen LogP contribution < -0.4 is 9.13 Å². The number of amides is 2. The summed E-state index contributed by atoms with van der Waals surface area (Å²) < 4.78 is 4.13. The Morgan fingerprint density at radius 2 is 1.03 bits per heavy atom. The van der Waals surface area contributed by atoms with Crippen LogP contribution in [0.3, 0.4) is 0 Å². The fourth-order valence-corrected chi connectivity index (χ4v) is 4.53. The van der Waals surface area contributed by atoms with Crippen molar-refractivity contribution in [2.24, 2.45) is 0 Å². The van der Waals surface area contributed by atoms with Crippen LogP contribution in [0.1, 0.15) is 85.2 Å². The standard InChI is InChI=1S/C32H44N4O2/c1-5-9-21-35(7-3)31(37)29-13-11-19-33(25-29)23-27-15-17-28(18-16-27)24-34-20-12-14-30(26-34)32(38)36(8-4)22-10-6-2/h11-20,25-26H,5-10,21-24H2,1-4H3/q+2. The molecule has 0 bridgehead atoms. The Balaban J connectivity index is 1.64. The van der Waals surface area contributed by atoms with Gasteiger partial charge in [-0.05, 0) is 38.8 Å². The van der Waals surface area contributed by atoms with Gasteiger partial charge in [0.05, 0.1) is 0 Å². The molecule has 2 amide bonds. The van der Waals surface area contributed by atoms with Gasteiger partial charge in [0.25, 0.3) is 11.8 Å². The molecule has 3 rings (SSSR count).